The highest BCUT2D eigenvalue weighted by atomic mass is 15.1. The molecule has 92 valence electrons. The third kappa shape index (κ3) is 2.81. The van der Waals surface area contributed by atoms with Crippen LogP contribution < -0.4 is 10.2 Å². The van der Waals surface area contributed by atoms with E-state index in [9.17, 15) is 0 Å². The zero-order chi connectivity index (χ0) is 11.5. The molecule has 1 aromatic carbocycles. The van der Waals surface area contributed by atoms with Crippen LogP contribution in [-0.2, 0) is 6.54 Å². The average molecular weight is 230 g/mol. The minimum absolute atomic E-state index is 0.967. The van der Waals surface area contributed by atoms with E-state index in [1.807, 2.05) is 0 Å². The van der Waals surface area contributed by atoms with Gasteiger partial charge in [0.2, 0.25) is 0 Å². The van der Waals surface area contributed by atoms with E-state index in [1.54, 1.807) is 0 Å². The number of rotatable bonds is 5. The Morgan fingerprint density at radius 1 is 1.12 bits per heavy atom. The van der Waals surface area contributed by atoms with Crippen LogP contribution >= 0.6 is 0 Å². The summed E-state index contributed by atoms with van der Waals surface area (Å²) in [5.41, 5.74) is 2.92. The molecule has 2 nitrogen and oxygen atoms in total. The average Bonchev–Trinajstić information content (AvgIpc) is 3.03. The number of nitrogens with one attached hydrogen (secondary N) is 1. The lowest BCUT2D eigenvalue weighted by Crippen LogP contribution is -2.22. The van der Waals surface area contributed by atoms with Crippen molar-refractivity contribution in [1.29, 1.82) is 0 Å². The van der Waals surface area contributed by atoms with Crippen molar-refractivity contribution in [2.45, 2.75) is 32.2 Å². The summed E-state index contributed by atoms with van der Waals surface area (Å²) in [4.78, 5) is 2.54. The van der Waals surface area contributed by atoms with Gasteiger partial charge in [0.25, 0.3) is 0 Å². The lowest BCUT2D eigenvalue weighted by Gasteiger charge is -2.21. The molecule has 3 rings (SSSR count). The largest absolute Gasteiger partial charge is 0.371 e. The van der Waals surface area contributed by atoms with Crippen molar-refractivity contribution in [3.8, 4) is 0 Å². The molecule has 0 unspecified atom stereocenters. The maximum atomic E-state index is 3.60. The number of benzene rings is 1. The topological polar surface area (TPSA) is 15.3 Å². The summed E-state index contributed by atoms with van der Waals surface area (Å²) in [5, 5.41) is 3.60. The number of nitrogens with zero attached hydrogens (tertiary/aromatic N) is 1. The molecule has 1 heterocycles. The van der Waals surface area contributed by atoms with Crippen LogP contribution in [0, 0.1) is 5.92 Å². The quantitative estimate of drug-likeness (QED) is 0.836. The maximum absolute atomic E-state index is 3.60. The zero-order valence-corrected chi connectivity index (χ0v) is 10.5. The summed E-state index contributed by atoms with van der Waals surface area (Å²) in [7, 11) is 0. The fourth-order valence-corrected chi connectivity index (χ4v) is 2.66. The molecule has 1 saturated heterocycles. The van der Waals surface area contributed by atoms with Crippen molar-refractivity contribution in [2.75, 3.05) is 24.5 Å². The Morgan fingerprint density at radius 3 is 2.65 bits per heavy atom. The molecule has 0 amide bonds. The van der Waals surface area contributed by atoms with Gasteiger partial charge in [0.15, 0.2) is 0 Å². The van der Waals surface area contributed by atoms with Crippen LogP contribution in [0.3, 0.4) is 0 Å². The first-order chi connectivity index (χ1) is 8.43. The minimum Gasteiger partial charge on any atom is -0.371 e. The first-order valence-corrected chi connectivity index (χ1v) is 6.97. The molecule has 2 fully saturated rings. The molecule has 0 radical (unpaired) electrons. The molecular weight excluding hydrogens is 208 g/mol. The van der Waals surface area contributed by atoms with Crippen molar-refractivity contribution < 1.29 is 0 Å². The molecular formula is C15H22N2. The number of anilines is 1. The van der Waals surface area contributed by atoms with Gasteiger partial charge in [0.05, 0.1) is 0 Å². The van der Waals surface area contributed by atoms with Crippen molar-refractivity contribution in [3.63, 3.8) is 0 Å². The summed E-state index contributed by atoms with van der Waals surface area (Å²) in [6.07, 6.45) is 5.56. The highest BCUT2D eigenvalue weighted by Crippen LogP contribution is 2.28. The predicted octanol–water partition coefficient (Wildman–Crippen LogP) is 2.79. The second kappa shape index (κ2) is 5.09. The monoisotopic (exact) mass is 230 g/mol. The molecule has 2 heteroatoms. The smallest absolute Gasteiger partial charge is 0.0411 e. The van der Waals surface area contributed by atoms with Crippen LogP contribution in [0.15, 0.2) is 24.3 Å². The molecule has 17 heavy (non-hydrogen) atoms. The van der Waals surface area contributed by atoms with Crippen LogP contribution in [-0.4, -0.2) is 19.6 Å². The van der Waals surface area contributed by atoms with E-state index in [4.69, 9.17) is 0 Å². The van der Waals surface area contributed by atoms with Gasteiger partial charge in [-0.3, -0.25) is 0 Å². The fourth-order valence-electron chi connectivity index (χ4n) is 2.66. The van der Waals surface area contributed by atoms with Gasteiger partial charge in [-0.05, 0) is 49.8 Å². The second-order valence-electron chi connectivity index (χ2n) is 5.40. The van der Waals surface area contributed by atoms with Gasteiger partial charge in [0.1, 0.15) is 0 Å². The third-order valence-corrected chi connectivity index (χ3v) is 3.88. The van der Waals surface area contributed by atoms with Gasteiger partial charge < -0.3 is 10.2 Å². The van der Waals surface area contributed by atoms with E-state index >= 15 is 0 Å². The highest BCUT2D eigenvalue weighted by Gasteiger charge is 2.20. The Hall–Kier alpha value is -1.02. The van der Waals surface area contributed by atoms with E-state index in [1.165, 1.54) is 56.6 Å². The predicted molar refractivity (Wildman–Crippen MR) is 72.3 cm³/mol. The van der Waals surface area contributed by atoms with E-state index in [0.29, 0.717) is 0 Å². The van der Waals surface area contributed by atoms with Crippen LogP contribution in [0.4, 0.5) is 5.69 Å². The summed E-state index contributed by atoms with van der Waals surface area (Å²) in [5.74, 6) is 0.967. The van der Waals surface area contributed by atoms with Gasteiger partial charge >= 0.3 is 0 Å². The number of hydrogen-bond acceptors (Lipinski definition) is 2. The van der Waals surface area contributed by atoms with E-state index in [0.717, 1.165) is 12.5 Å². The molecule has 2 aliphatic rings. The highest BCUT2D eigenvalue weighted by molar-refractivity contribution is 5.54. The Kier molecular flexibility index (Phi) is 3.32. The summed E-state index contributed by atoms with van der Waals surface area (Å²) < 4.78 is 0. The molecule has 0 spiro atoms. The molecule has 1 saturated carbocycles. The second-order valence-corrected chi connectivity index (χ2v) is 5.40. The van der Waals surface area contributed by atoms with E-state index < -0.39 is 0 Å². The SMILES string of the molecule is c1ccc(N2CCCC2)c(CNCC2CC2)c1. The molecule has 0 aromatic heterocycles. The van der Waals surface area contributed by atoms with Crippen molar-refractivity contribution in [1.82, 2.24) is 5.32 Å². The molecule has 1 aliphatic heterocycles. The third-order valence-electron chi connectivity index (χ3n) is 3.88. The van der Waals surface area contributed by atoms with Gasteiger partial charge in [0, 0.05) is 25.3 Å². The van der Waals surface area contributed by atoms with E-state index in [2.05, 4.69) is 34.5 Å². The van der Waals surface area contributed by atoms with Gasteiger partial charge in [-0.15, -0.1) is 0 Å². The van der Waals surface area contributed by atoms with Crippen molar-refractivity contribution >= 4 is 5.69 Å². The minimum atomic E-state index is 0.967. The first kappa shape index (κ1) is 11.1. The Bertz CT molecular complexity index is 365. The van der Waals surface area contributed by atoms with Crippen LogP contribution in [0.25, 0.3) is 0 Å². The standard InChI is InChI=1S/C15H22N2/c1-2-6-15(17-9-3-4-10-17)14(5-1)12-16-11-13-7-8-13/h1-2,5-6,13,16H,3-4,7-12H2. The first-order valence-electron chi connectivity index (χ1n) is 6.97. The molecule has 1 N–H and O–H groups in total. The fraction of sp³-hybridized carbons (Fsp3) is 0.600. The number of para-hydroxylation sites is 1. The van der Waals surface area contributed by atoms with Crippen molar-refractivity contribution in [3.05, 3.63) is 29.8 Å². The van der Waals surface area contributed by atoms with Gasteiger partial charge in [-0.2, -0.15) is 0 Å². The molecule has 0 atom stereocenters. The molecule has 1 aromatic rings. The Labute approximate surface area is 104 Å². The summed E-state index contributed by atoms with van der Waals surface area (Å²) >= 11 is 0. The van der Waals surface area contributed by atoms with Crippen LogP contribution in [0.2, 0.25) is 0 Å². The zero-order valence-electron chi connectivity index (χ0n) is 10.5. The Balaban J connectivity index is 1.64. The van der Waals surface area contributed by atoms with Crippen LogP contribution in [0.1, 0.15) is 31.2 Å². The molecule has 0 bridgehead atoms. The van der Waals surface area contributed by atoms with E-state index in [-0.39, 0.29) is 0 Å². The van der Waals surface area contributed by atoms with Gasteiger partial charge in [-0.25, -0.2) is 0 Å². The summed E-state index contributed by atoms with van der Waals surface area (Å²) in [6, 6.07) is 8.87. The Morgan fingerprint density at radius 2 is 1.88 bits per heavy atom. The lowest BCUT2D eigenvalue weighted by atomic mass is 10.1. The molecule has 1 aliphatic carbocycles. The van der Waals surface area contributed by atoms with Crippen molar-refractivity contribution in [2.24, 2.45) is 5.92 Å². The number of hydrogen-bond donors (Lipinski definition) is 1. The lowest BCUT2D eigenvalue weighted by molar-refractivity contribution is 0.638. The van der Waals surface area contributed by atoms with Crippen LogP contribution in [0.5, 0.6) is 0 Å². The maximum Gasteiger partial charge on any atom is 0.0411 e. The normalized spacial score (nSPS) is 19.9. The summed E-state index contributed by atoms with van der Waals surface area (Å²) in [6.45, 7) is 4.71. The van der Waals surface area contributed by atoms with Gasteiger partial charge in [-0.1, -0.05) is 18.2 Å².